The van der Waals surface area contributed by atoms with Crippen molar-refractivity contribution in [1.29, 1.82) is 0 Å². The third kappa shape index (κ3) is 4.20. The molecule has 0 radical (unpaired) electrons. The molecular weight excluding hydrogens is 388 g/mol. The second kappa shape index (κ2) is 8.62. The van der Waals surface area contributed by atoms with Gasteiger partial charge in [-0.15, -0.1) is 0 Å². The summed E-state index contributed by atoms with van der Waals surface area (Å²) in [7, 11) is 0. The predicted molar refractivity (Wildman–Crippen MR) is 122 cm³/mol. The van der Waals surface area contributed by atoms with Crippen molar-refractivity contribution in [3.05, 3.63) is 113 Å². The Morgan fingerprint density at radius 2 is 1.84 bits per heavy atom. The highest BCUT2D eigenvalue weighted by atomic mass is 16.1. The summed E-state index contributed by atoms with van der Waals surface area (Å²) in [6.07, 6.45) is 6.71. The summed E-state index contributed by atoms with van der Waals surface area (Å²) in [6.45, 7) is 3.80. The Morgan fingerprint density at radius 1 is 1.03 bits per heavy atom. The van der Waals surface area contributed by atoms with Gasteiger partial charge in [0, 0.05) is 24.7 Å². The van der Waals surface area contributed by atoms with E-state index in [-0.39, 0.29) is 11.1 Å². The van der Waals surface area contributed by atoms with E-state index in [9.17, 15) is 4.79 Å². The third-order valence-corrected chi connectivity index (χ3v) is 4.85. The van der Waals surface area contributed by atoms with Crippen LogP contribution >= 0.6 is 0 Å². The lowest BCUT2D eigenvalue weighted by Crippen LogP contribution is -2.22. The van der Waals surface area contributed by atoms with Crippen LogP contribution in [0.25, 0.3) is 11.4 Å². The van der Waals surface area contributed by atoms with Crippen LogP contribution in [0, 0.1) is 6.92 Å². The minimum atomic E-state index is -0.224. The average molecular weight is 410 g/mol. The smallest absolute Gasteiger partial charge is 0.209 e. The Labute approximate surface area is 179 Å². The molecule has 0 saturated carbocycles. The van der Waals surface area contributed by atoms with Gasteiger partial charge in [-0.05, 0) is 67.6 Å². The number of aromatic nitrogens is 4. The van der Waals surface area contributed by atoms with E-state index in [4.69, 9.17) is 5.73 Å². The summed E-state index contributed by atoms with van der Waals surface area (Å²) < 4.78 is 3.48. The summed E-state index contributed by atoms with van der Waals surface area (Å²) >= 11 is 0. The Kier molecular flexibility index (Phi) is 5.57. The monoisotopic (exact) mass is 410 g/mol. The van der Waals surface area contributed by atoms with Crippen molar-refractivity contribution in [1.82, 2.24) is 19.6 Å². The molecule has 0 unspecified atom stereocenters. The summed E-state index contributed by atoms with van der Waals surface area (Å²) in [6, 6.07) is 18.7. The molecule has 0 saturated heterocycles. The fraction of sp³-hybridized carbons (Fsp3) is 0.0833. The van der Waals surface area contributed by atoms with Crippen LogP contribution in [0.1, 0.15) is 18.2 Å². The van der Waals surface area contributed by atoms with Crippen LogP contribution in [0.4, 0.5) is 5.69 Å². The number of allylic oxidation sites excluding steroid dienone is 1. The molecule has 0 bridgehead atoms. The van der Waals surface area contributed by atoms with Crippen LogP contribution in [0.3, 0.4) is 0 Å². The van der Waals surface area contributed by atoms with Gasteiger partial charge in [-0.1, -0.05) is 18.2 Å². The standard InChI is InChI=1S/C24H22N6O/c1-17-15-20(29-13-6-12-26-29)9-10-21(17)30-14-11-22(31)24(28-30)23(18(2)16-25)27-19-7-4-3-5-8-19/h3-16H,25H2,1-2H3. The first kappa shape index (κ1) is 20.0. The molecule has 0 aliphatic rings. The van der Waals surface area contributed by atoms with Crippen LogP contribution in [0.2, 0.25) is 0 Å². The number of nitrogens with two attached hydrogens (primary N) is 1. The first-order valence-electron chi connectivity index (χ1n) is 9.81. The highest BCUT2D eigenvalue weighted by molar-refractivity contribution is 6.11. The van der Waals surface area contributed by atoms with Gasteiger partial charge in [-0.3, -0.25) is 4.79 Å². The molecule has 154 valence electrons. The van der Waals surface area contributed by atoms with Crippen molar-refractivity contribution in [2.45, 2.75) is 13.8 Å². The first-order valence-corrected chi connectivity index (χ1v) is 9.81. The highest BCUT2D eigenvalue weighted by Crippen LogP contribution is 2.18. The molecule has 0 aliphatic carbocycles. The predicted octanol–water partition coefficient (Wildman–Crippen LogP) is 3.71. The molecule has 2 heterocycles. The Balaban J connectivity index is 1.81. The largest absolute Gasteiger partial charge is 0.404 e. The Bertz CT molecular complexity index is 1320. The summed E-state index contributed by atoms with van der Waals surface area (Å²) in [5, 5.41) is 8.88. The lowest BCUT2D eigenvalue weighted by Gasteiger charge is -2.13. The summed E-state index contributed by atoms with van der Waals surface area (Å²) in [4.78, 5) is 17.4. The van der Waals surface area contributed by atoms with E-state index in [1.165, 1.54) is 12.3 Å². The number of nitrogens with zero attached hydrogens (tertiary/aromatic N) is 5. The zero-order valence-electron chi connectivity index (χ0n) is 17.3. The number of hydrogen-bond acceptors (Lipinski definition) is 5. The Morgan fingerprint density at radius 3 is 2.52 bits per heavy atom. The second-order valence-corrected chi connectivity index (χ2v) is 7.04. The first-order chi connectivity index (χ1) is 15.1. The maximum absolute atomic E-state index is 12.7. The van der Waals surface area contributed by atoms with E-state index >= 15 is 0 Å². The SMILES string of the molecule is CC(=CN)C(=Nc1ccccc1)c1nn(-c2ccc(-n3cccn3)cc2C)ccc1=O. The zero-order valence-corrected chi connectivity index (χ0v) is 17.3. The molecular formula is C24H22N6O. The van der Waals surface area contributed by atoms with Crippen molar-refractivity contribution in [2.24, 2.45) is 10.7 Å². The van der Waals surface area contributed by atoms with Gasteiger partial charge in [0.1, 0.15) is 0 Å². The average Bonchev–Trinajstić information content (AvgIpc) is 3.33. The number of aliphatic imine (C=N–C) groups is 1. The van der Waals surface area contributed by atoms with Crippen LogP contribution in [-0.4, -0.2) is 25.3 Å². The molecule has 7 heteroatoms. The maximum atomic E-state index is 12.7. The van der Waals surface area contributed by atoms with Gasteiger partial charge in [0.05, 0.1) is 22.8 Å². The zero-order chi connectivity index (χ0) is 21.8. The number of benzene rings is 2. The van der Waals surface area contributed by atoms with E-state index in [1.54, 1.807) is 21.8 Å². The Hall–Kier alpha value is -4.26. The van der Waals surface area contributed by atoms with Crippen molar-refractivity contribution in [3.63, 3.8) is 0 Å². The molecule has 0 atom stereocenters. The van der Waals surface area contributed by atoms with Crippen molar-refractivity contribution < 1.29 is 0 Å². The van der Waals surface area contributed by atoms with Gasteiger partial charge in [-0.25, -0.2) is 14.4 Å². The van der Waals surface area contributed by atoms with Crippen LogP contribution in [-0.2, 0) is 0 Å². The molecule has 4 aromatic rings. The lowest BCUT2D eigenvalue weighted by molar-refractivity contribution is 0.818. The van der Waals surface area contributed by atoms with Gasteiger partial charge in [0.15, 0.2) is 5.69 Å². The number of para-hydroxylation sites is 1. The fourth-order valence-corrected chi connectivity index (χ4v) is 3.21. The molecule has 31 heavy (non-hydrogen) atoms. The van der Waals surface area contributed by atoms with Crippen molar-refractivity contribution in [3.8, 4) is 11.4 Å². The van der Waals surface area contributed by atoms with Gasteiger partial charge < -0.3 is 5.73 Å². The molecule has 2 aromatic heterocycles. The molecule has 2 aromatic carbocycles. The molecule has 4 rings (SSSR count). The lowest BCUT2D eigenvalue weighted by atomic mass is 10.1. The van der Waals surface area contributed by atoms with Crippen LogP contribution < -0.4 is 11.2 Å². The number of aryl methyl sites for hydroxylation is 1. The van der Waals surface area contributed by atoms with Gasteiger partial charge in [0.25, 0.3) is 0 Å². The maximum Gasteiger partial charge on any atom is 0.209 e. The van der Waals surface area contributed by atoms with Crippen LogP contribution in [0.5, 0.6) is 0 Å². The number of hydrogen-bond donors (Lipinski definition) is 1. The van der Waals surface area contributed by atoms with E-state index in [1.807, 2.05) is 74.6 Å². The molecule has 0 aliphatic heterocycles. The minimum absolute atomic E-state index is 0.224. The quantitative estimate of drug-likeness (QED) is 0.508. The molecule has 0 spiro atoms. The molecule has 0 amide bonds. The molecule has 0 fully saturated rings. The molecule has 7 nitrogen and oxygen atoms in total. The topological polar surface area (TPSA) is 91.1 Å². The normalized spacial score (nSPS) is 12.2. The van der Waals surface area contributed by atoms with E-state index in [0.29, 0.717) is 11.3 Å². The minimum Gasteiger partial charge on any atom is -0.404 e. The van der Waals surface area contributed by atoms with Crippen LogP contribution in [0.15, 0.2) is 101 Å². The van der Waals surface area contributed by atoms with Crippen molar-refractivity contribution in [2.75, 3.05) is 0 Å². The fourth-order valence-electron chi connectivity index (χ4n) is 3.21. The number of rotatable bonds is 5. The van der Waals surface area contributed by atoms with Gasteiger partial charge in [0.2, 0.25) is 5.43 Å². The third-order valence-electron chi connectivity index (χ3n) is 4.85. The van der Waals surface area contributed by atoms with E-state index in [0.717, 1.165) is 22.6 Å². The van der Waals surface area contributed by atoms with Gasteiger partial charge >= 0.3 is 0 Å². The summed E-state index contributed by atoms with van der Waals surface area (Å²) in [5.41, 5.74) is 10.4. The molecule has 2 N–H and O–H groups in total. The van der Waals surface area contributed by atoms with Gasteiger partial charge in [-0.2, -0.15) is 10.2 Å². The summed E-state index contributed by atoms with van der Waals surface area (Å²) in [5.74, 6) is 0. The second-order valence-electron chi connectivity index (χ2n) is 7.04. The van der Waals surface area contributed by atoms with E-state index in [2.05, 4.69) is 15.2 Å². The highest BCUT2D eigenvalue weighted by Gasteiger charge is 2.15. The van der Waals surface area contributed by atoms with Crippen molar-refractivity contribution >= 4 is 11.4 Å². The van der Waals surface area contributed by atoms with E-state index < -0.39 is 0 Å².